The Morgan fingerprint density at radius 3 is 2.85 bits per heavy atom. The molecule has 0 aromatic carbocycles. The first-order valence-corrected chi connectivity index (χ1v) is 7.96. The third kappa shape index (κ3) is 5.04. The van der Waals surface area contributed by atoms with E-state index >= 15 is 0 Å². The van der Waals surface area contributed by atoms with Crippen molar-refractivity contribution < 1.29 is 4.79 Å². The summed E-state index contributed by atoms with van der Waals surface area (Å²) in [5.41, 5.74) is 0. The van der Waals surface area contributed by atoms with Crippen LogP contribution in [0.3, 0.4) is 0 Å². The third-order valence-corrected chi connectivity index (χ3v) is 4.90. The highest BCUT2D eigenvalue weighted by atomic mass is 35.5. The molecule has 20 heavy (non-hydrogen) atoms. The summed E-state index contributed by atoms with van der Waals surface area (Å²) in [6.45, 7) is 6.46. The quantitative estimate of drug-likeness (QED) is 0.877. The highest BCUT2D eigenvalue weighted by Gasteiger charge is 2.22. The van der Waals surface area contributed by atoms with Gasteiger partial charge in [0.05, 0.1) is 0 Å². The first-order chi connectivity index (χ1) is 9.19. The average molecular weight is 318 g/mol. The number of hydrogen-bond acceptors (Lipinski definition) is 4. The number of hydrogen-bond donors (Lipinski definition) is 2. The number of carbonyl (C=O) groups excluding carboxylic acids is 1. The van der Waals surface area contributed by atoms with Gasteiger partial charge in [0.1, 0.15) is 0 Å². The van der Waals surface area contributed by atoms with Crippen LogP contribution < -0.4 is 10.6 Å². The van der Waals surface area contributed by atoms with Gasteiger partial charge < -0.3 is 10.6 Å². The van der Waals surface area contributed by atoms with E-state index in [1.165, 1.54) is 17.7 Å². The largest absolute Gasteiger partial charge is 0.317 e. The molecular weight excluding hydrogens is 294 g/mol. The van der Waals surface area contributed by atoms with Gasteiger partial charge >= 0.3 is 0 Å². The minimum absolute atomic E-state index is 0. The van der Waals surface area contributed by atoms with E-state index in [1.807, 2.05) is 6.20 Å². The molecule has 0 spiro atoms. The van der Waals surface area contributed by atoms with Gasteiger partial charge in [-0.1, -0.05) is 13.8 Å². The van der Waals surface area contributed by atoms with E-state index in [1.54, 1.807) is 11.3 Å². The lowest BCUT2D eigenvalue weighted by atomic mass is 9.84. The fourth-order valence-corrected chi connectivity index (χ4v) is 3.34. The lowest BCUT2D eigenvalue weighted by molar-refractivity contribution is -0.117. The second-order valence-corrected chi connectivity index (χ2v) is 6.42. The second-order valence-electron chi connectivity index (χ2n) is 5.30. The van der Waals surface area contributed by atoms with Gasteiger partial charge in [-0.3, -0.25) is 4.79 Å². The molecule has 0 radical (unpaired) electrons. The van der Waals surface area contributed by atoms with Crippen LogP contribution in [0.15, 0.2) is 6.20 Å². The number of aryl methyl sites for hydroxylation is 1. The molecule has 2 N–H and O–H groups in total. The van der Waals surface area contributed by atoms with Gasteiger partial charge in [0.15, 0.2) is 5.13 Å². The minimum atomic E-state index is 0. The van der Waals surface area contributed by atoms with E-state index in [9.17, 15) is 4.79 Å². The molecule has 1 aliphatic rings. The van der Waals surface area contributed by atoms with Gasteiger partial charge in [-0.25, -0.2) is 4.98 Å². The zero-order chi connectivity index (χ0) is 13.7. The summed E-state index contributed by atoms with van der Waals surface area (Å²) >= 11 is 1.57. The first-order valence-electron chi connectivity index (χ1n) is 7.14. The number of aromatic nitrogens is 1. The molecule has 2 rings (SSSR count). The molecule has 2 heterocycles. The number of carbonyl (C=O) groups is 1. The normalized spacial score (nSPS) is 17.3. The molecule has 1 aliphatic heterocycles. The number of anilines is 1. The average Bonchev–Trinajstić information content (AvgIpc) is 2.87. The Morgan fingerprint density at radius 2 is 2.25 bits per heavy atom. The molecule has 4 nitrogen and oxygen atoms in total. The van der Waals surface area contributed by atoms with E-state index in [0.717, 1.165) is 24.6 Å². The molecule has 1 unspecified atom stereocenters. The van der Waals surface area contributed by atoms with Crippen molar-refractivity contribution in [1.82, 2.24) is 10.3 Å². The molecule has 1 amide bonds. The van der Waals surface area contributed by atoms with Crippen LogP contribution in [0, 0.1) is 11.8 Å². The highest BCUT2D eigenvalue weighted by molar-refractivity contribution is 7.15. The van der Waals surface area contributed by atoms with Crippen LogP contribution in [-0.2, 0) is 11.2 Å². The zero-order valence-electron chi connectivity index (χ0n) is 12.1. The molecule has 1 fully saturated rings. The summed E-state index contributed by atoms with van der Waals surface area (Å²) in [5, 5.41) is 7.02. The van der Waals surface area contributed by atoms with E-state index in [0.29, 0.717) is 18.3 Å². The van der Waals surface area contributed by atoms with Gasteiger partial charge in [0.25, 0.3) is 0 Å². The Balaban J connectivity index is 0.00000200. The maximum atomic E-state index is 12.0. The Bertz CT molecular complexity index is 418. The lowest BCUT2D eigenvalue weighted by Crippen LogP contribution is -2.32. The SMILES string of the molecule is CCc1cnc(NC(=O)CC(C)C2CCNCC2)s1.Cl. The van der Waals surface area contributed by atoms with Crippen molar-refractivity contribution in [3.05, 3.63) is 11.1 Å². The summed E-state index contributed by atoms with van der Waals surface area (Å²) in [6.07, 6.45) is 5.79. The number of rotatable bonds is 5. The van der Waals surface area contributed by atoms with Crippen LogP contribution in [0.1, 0.15) is 38.0 Å². The zero-order valence-corrected chi connectivity index (χ0v) is 13.8. The monoisotopic (exact) mass is 317 g/mol. The van der Waals surface area contributed by atoms with E-state index in [2.05, 4.69) is 29.5 Å². The van der Waals surface area contributed by atoms with Crippen molar-refractivity contribution in [3.63, 3.8) is 0 Å². The Hall–Kier alpha value is -0.650. The summed E-state index contributed by atoms with van der Waals surface area (Å²) in [5.74, 6) is 1.23. The van der Waals surface area contributed by atoms with Gasteiger partial charge in [0.2, 0.25) is 5.91 Å². The van der Waals surface area contributed by atoms with Crippen LogP contribution in [0.2, 0.25) is 0 Å². The molecule has 1 aromatic rings. The number of nitrogens with zero attached hydrogens (tertiary/aromatic N) is 1. The minimum Gasteiger partial charge on any atom is -0.317 e. The van der Waals surface area contributed by atoms with Gasteiger partial charge in [-0.05, 0) is 44.2 Å². The third-order valence-electron chi connectivity index (χ3n) is 3.84. The maximum Gasteiger partial charge on any atom is 0.226 e. The van der Waals surface area contributed by atoms with E-state index < -0.39 is 0 Å². The fourth-order valence-electron chi connectivity index (χ4n) is 2.57. The summed E-state index contributed by atoms with van der Waals surface area (Å²) in [6, 6.07) is 0. The standard InChI is InChI=1S/C14H23N3OS.ClH/c1-3-12-9-16-14(19-12)17-13(18)8-10(2)11-4-6-15-7-5-11;/h9-11,15H,3-8H2,1-2H3,(H,16,17,18);1H. The Kier molecular flexibility index (Phi) is 7.48. The predicted molar refractivity (Wildman–Crippen MR) is 86.7 cm³/mol. The fraction of sp³-hybridized carbons (Fsp3) is 0.714. The molecule has 1 saturated heterocycles. The van der Waals surface area contributed by atoms with Crippen LogP contribution >= 0.6 is 23.7 Å². The van der Waals surface area contributed by atoms with Crippen molar-refractivity contribution in [2.75, 3.05) is 18.4 Å². The van der Waals surface area contributed by atoms with Crippen molar-refractivity contribution in [1.29, 1.82) is 0 Å². The van der Waals surface area contributed by atoms with Crippen molar-refractivity contribution in [2.45, 2.75) is 39.5 Å². The molecule has 1 aromatic heterocycles. The number of piperidine rings is 1. The smallest absolute Gasteiger partial charge is 0.226 e. The summed E-state index contributed by atoms with van der Waals surface area (Å²) in [4.78, 5) is 17.4. The Labute approximate surface area is 131 Å². The lowest BCUT2D eigenvalue weighted by Gasteiger charge is -2.27. The maximum absolute atomic E-state index is 12.0. The number of thiazole rings is 1. The van der Waals surface area contributed by atoms with Crippen molar-refractivity contribution in [3.8, 4) is 0 Å². The summed E-state index contributed by atoms with van der Waals surface area (Å²) in [7, 11) is 0. The molecule has 0 aliphatic carbocycles. The highest BCUT2D eigenvalue weighted by Crippen LogP contribution is 2.25. The molecule has 6 heteroatoms. The van der Waals surface area contributed by atoms with Crippen LogP contribution in [0.4, 0.5) is 5.13 Å². The number of nitrogens with one attached hydrogen (secondary N) is 2. The predicted octanol–water partition coefficient (Wildman–Crippen LogP) is 3.09. The summed E-state index contributed by atoms with van der Waals surface area (Å²) < 4.78 is 0. The van der Waals surface area contributed by atoms with Crippen LogP contribution in [-0.4, -0.2) is 24.0 Å². The Morgan fingerprint density at radius 1 is 1.55 bits per heavy atom. The number of amides is 1. The van der Waals surface area contributed by atoms with Crippen molar-refractivity contribution >= 4 is 34.8 Å². The van der Waals surface area contributed by atoms with E-state index in [4.69, 9.17) is 0 Å². The van der Waals surface area contributed by atoms with Gasteiger partial charge in [0, 0.05) is 17.5 Å². The molecule has 1 atom stereocenters. The van der Waals surface area contributed by atoms with Gasteiger partial charge in [-0.2, -0.15) is 0 Å². The molecule has 114 valence electrons. The van der Waals surface area contributed by atoms with Crippen molar-refractivity contribution in [2.24, 2.45) is 11.8 Å². The first kappa shape index (κ1) is 17.4. The van der Waals surface area contributed by atoms with Crippen LogP contribution in [0.5, 0.6) is 0 Å². The second kappa shape index (κ2) is 8.60. The molecule has 0 bridgehead atoms. The molecular formula is C14H24ClN3OS. The topological polar surface area (TPSA) is 54.0 Å². The number of halogens is 1. The van der Waals surface area contributed by atoms with E-state index in [-0.39, 0.29) is 18.3 Å². The van der Waals surface area contributed by atoms with Gasteiger partial charge in [-0.15, -0.1) is 23.7 Å². The van der Waals surface area contributed by atoms with Crippen LogP contribution in [0.25, 0.3) is 0 Å². The molecule has 0 saturated carbocycles.